The van der Waals surface area contributed by atoms with Gasteiger partial charge in [-0.2, -0.15) is 23.1 Å². The number of nitrogens with one attached hydrogen (secondary N) is 1. The van der Waals surface area contributed by atoms with E-state index in [1.54, 1.807) is 6.92 Å². The summed E-state index contributed by atoms with van der Waals surface area (Å²) in [5, 5.41) is 3.44. The Morgan fingerprint density at radius 2 is 1.84 bits per heavy atom. The molecule has 2 aliphatic rings. The van der Waals surface area contributed by atoms with E-state index < -0.39 is 22.1 Å². The van der Waals surface area contributed by atoms with Crippen molar-refractivity contribution in [3.05, 3.63) is 59.1 Å². The Hall–Kier alpha value is -3.62. The van der Waals surface area contributed by atoms with Crippen molar-refractivity contribution in [2.24, 2.45) is 5.41 Å². The van der Waals surface area contributed by atoms with Crippen LogP contribution in [0, 0.1) is 5.41 Å². The van der Waals surface area contributed by atoms with Crippen molar-refractivity contribution in [3.63, 3.8) is 0 Å². The number of ether oxygens (including phenoxy) is 2. The summed E-state index contributed by atoms with van der Waals surface area (Å²) in [5.41, 5.74) is 6.02. The van der Waals surface area contributed by atoms with E-state index in [1.807, 2.05) is 4.90 Å². The Kier molecular flexibility index (Phi) is 9.20. The number of anilines is 2. The molecule has 3 aromatic rings. The van der Waals surface area contributed by atoms with Gasteiger partial charge in [0.1, 0.15) is 11.9 Å². The summed E-state index contributed by atoms with van der Waals surface area (Å²) in [4.78, 5) is 22.4. The Bertz CT molecular complexity index is 1670. The van der Waals surface area contributed by atoms with Gasteiger partial charge in [0.25, 0.3) is 0 Å². The minimum absolute atomic E-state index is 0.0223. The van der Waals surface area contributed by atoms with E-state index in [1.165, 1.54) is 48.5 Å². The molecule has 242 valence electrons. The molecule has 1 spiro atoms. The highest BCUT2D eigenvalue weighted by Crippen LogP contribution is 2.43. The van der Waals surface area contributed by atoms with Crippen molar-refractivity contribution in [2.75, 3.05) is 43.1 Å². The molecule has 2 aromatic carbocycles. The van der Waals surface area contributed by atoms with Crippen LogP contribution in [0.3, 0.4) is 0 Å². The number of rotatable bonds is 8. The van der Waals surface area contributed by atoms with Crippen molar-refractivity contribution < 1.29 is 35.9 Å². The number of aromatic nitrogens is 2. The highest BCUT2D eigenvalue weighted by Gasteiger charge is 2.46. The SMILES string of the molecule is CCOC(=O)[C@@H]1CC2(CCN(c3cc(O[C@H](c4ccc(Cl)cc4-c4ccc(S(C)(=O)=O)cc4)C(F)(F)F)nc(N)n3)CC2)CN1. The number of nitrogens with zero attached hydrogens (tertiary/aromatic N) is 3. The smallest absolute Gasteiger partial charge is 0.429 e. The first-order valence-corrected chi connectivity index (χ1v) is 16.6. The van der Waals surface area contributed by atoms with Gasteiger partial charge < -0.3 is 25.4 Å². The fourth-order valence-electron chi connectivity index (χ4n) is 5.89. The van der Waals surface area contributed by atoms with Crippen molar-refractivity contribution >= 4 is 39.2 Å². The van der Waals surface area contributed by atoms with Crippen LogP contribution in [0.1, 0.15) is 37.9 Å². The highest BCUT2D eigenvalue weighted by atomic mass is 35.5. The average Bonchev–Trinajstić information content (AvgIpc) is 3.39. The predicted molar refractivity (Wildman–Crippen MR) is 163 cm³/mol. The van der Waals surface area contributed by atoms with Crippen LogP contribution in [0.25, 0.3) is 11.1 Å². The van der Waals surface area contributed by atoms with E-state index in [9.17, 15) is 26.4 Å². The van der Waals surface area contributed by atoms with Gasteiger partial charge in [0.2, 0.25) is 17.9 Å². The normalized spacial score (nSPS) is 19.0. The predicted octanol–water partition coefficient (Wildman–Crippen LogP) is 4.98. The van der Waals surface area contributed by atoms with E-state index >= 15 is 0 Å². The zero-order valence-corrected chi connectivity index (χ0v) is 26.2. The molecule has 5 rings (SSSR count). The van der Waals surface area contributed by atoms with Crippen LogP contribution >= 0.6 is 11.6 Å². The van der Waals surface area contributed by atoms with E-state index in [0.717, 1.165) is 19.1 Å². The maximum atomic E-state index is 14.6. The molecule has 0 radical (unpaired) electrons. The topological polar surface area (TPSA) is 137 Å². The first kappa shape index (κ1) is 32.8. The van der Waals surface area contributed by atoms with E-state index in [0.29, 0.717) is 44.0 Å². The molecule has 3 N–H and O–H groups in total. The number of esters is 1. The molecule has 45 heavy (non-hydrogen) atoms. The van der Waals surface area contributed by atoms with Crippen molar-refractivity contribution in [2.45, 2.75) is 49.4 Å². The Morgan fingerprint density at radius 3 is 2.47 bits per heavy atom. The Labute approximate surface area is 264 Å². The Balaban J connectivity index is 1.39. The Morgan fingerprint density at radius 1 is 1.16 bits per heavy atom. The maximum absolute atomic E-state index is 14.6. The van der Waals surface area contributed by atoms with Crippen molar-refractivity contribution in [1.82, 2.24) is 15.3 Å². The number of nitrogen functional groups attached to an aromatic ring is 1. The summed E-state index contributed by atoms with van der Waals surface area (Å²) < 4.78 is 78.3. The quantitative estimate of drug-likeness (QED) is 0.317. The van der Waals surface area contributed by atoms with Crippen molar-refractivity contribution in [3.8, 4) is 17.0 Å². The first-order chi connectivity index (χ1) is 21.2. The number of sulfone groups is 1. The molecule has 2 aliphatic heterocycles. The number of carbonyl (C=O) groups is 1. The van der Waals surface area contributed by atoms with Crippen LogP contribution in [0.4, 0.5) is 24.9 Å². The van der Waals surface area contributed by atoms with E-state index in [4.69, 9.17) is 26.8 Å². The minimum Gasteiger partial charge on any atom is -0.465 e. The van der Waals surface area contributed by atoms with Crippen LogP contribution in [-0.4, -0.2) is 69.1 Å². The maximum Gasteiger partial charge on any atom is 0.429 e. The lowest BCUT2D eigenvalue weighted by Crippen LogP contribution is -2.41. The van der Waals surface area contributed by atoms with Gasteiger partial charge in [-0.05, 0) is 67.0 Å². The molecule has 2 fully saturated rings. The van der Waals surface area contributed by atoms with Gasteiger partial charge in [0, 0.05) is 42.5 Å². The standard InChI is InChI=1S/C30H33ClF3N5O5S/c1-3-43-27(40)23-16-29(17-36-23)10-12-39(13-11-29)24-15-25(38-28(35)37-24)44-26(30(32,33)34)21-9-6-19(31)14-22(21)18-4-7-20(8-5-18)45(2,41)42/h4-9,14-15,23,26,36H,3,10-13,16-17H2,1-2H3,(H2,35,37,38)/t23-,26+/m0/s1. The number of hydrogen-bond acceptors (Lipinski definition) is 10. The second-order valence-corrected chi connectivity index (χ2v) is 13.8. The first-order valence-electron chi connectivity index (χ1n) is 14.3. The summed E-state index contributed by atoms with van der Waals surface area (Å²) in [6.45, 7) is 3.82. The number of hydrogen-bond donors (Lipinski definition) is 2. The zero-order chi connectivity index (χ0) is 32.6. The summed E-state index contributed by atoms with van der Waals surface area (Å²) in [5.74, 6) is -0.551. The number of piperidine rings is 1. The van der Waals surface area contributed by atoms with E-state index in [-0.39, 0.29) is 50.3 Å². The zero-order valence-electron chi connectivity index (χ0n) is 24.6. The summed E-state index contributed by atoms with van der Waals surface area (Å²) in [6.07, 6.45) is -4.20. The van der Waals surface area contributed by atoms with Gasteiger partial charge in [0.15, 0.2) is 9.84 Å². The molecule has 1 aromatic heterocycles. The molecule has 3 heterocycles. The number of nitrogens with two attached hydrogens (primary N) is 1. The lowest BCUT2D eigenvalue weighted by atomic mass is 9.76. The van der Waals surface area contributed by atoms with Gasteiger partial charge >= 0.3 is 12.1 Å². The van der Waals surface area contributed by atoms with Crippen LogP contribution < -0.4 is 20.7 Å². The van der Waals surface area contributed by atoms with Crippen LogP contribution in [0.2, 0.25) is 5.02 Å². The molecule has 0 aliphatic carbocycles. The number of alkyl halides is 3. The average molecular weight is 668 g/mol. The molecule has 0 bridgehead atoms. The third kappa shape index (κ3) is 7.45. The summed E-state index contributed by atoms with van der Waals surface area (Å²) >= 11 is 6.17. The lowest BCUT2D eigenvalue weighted by molar-refractivity contribution is -0.198. The van der Waals surface area contributed by atoms with Gasteiger partial charge in [-0.25, -0.2) is 8.42 Å². The molecule has 0 unspecified atom stereocenters. The van der Waals surface area contributed by atoms with Crippen LogP contribution in [-0.2, 0) is 19.4 Å². The number of halogens is 4. The van der Waals surface area contributed by atoms with E-state index in [2.05, 4.69) is 15.3 Å². The fraction of sp³-hybridized carbons (Fsp3) is 0.433. The summed E-state index contributed by atoms with van der Waals surface area (Å²) in [7, 11) is -3.52. The summed E-state index contributed by atoms with van der Waals surface area (Å²) in [6, 6.07) is 10.3. The molecule has 2 saturated heterocycles. The molecular weight excluding hydrogens is 635 g/mol. The van der Waals surface area contributed by atoms with Gasteiger partial charge in [-0.15, -0.1) is 0 Å². The largest absolute Gasteiger partial charge is 0.465 e. The van der Waals surface area contributed by atoms with Gasteiger partial charge in [-0.1, -0.05) is 29.8 Å². The second-order valence-electron chi connectivity index (χ2n) is 11.4. The second kappa shape index (κ2) is 12.6. The number of carbonyl (C=O) groups excluding carboxylic acids is 1. The third-order valence-corrected chi connectivity index (χ3v) is 9.58. The highest BCUT2D eigenvalue weighted by molar-refractivity contribution is 7.90. The minimum atomic E-state index is -4.88. The molecule has 0 saturated carbocycles. The molecule has 2 atom stereocenters. The van der Waals surface area contributed by atoms with Crippen molar-refractivity contribution in [1.29, 1.82) is 0 Å². The number of benzene rings is 2. The molecule has 15 heteroatoms. The molecule has 10 nitrogen and oxygen atoms in total. The lowest BCUT2D eigenvalue weighted by Gasteiger charge is -2.39. The van der Waals surface area contributed by atoms with Crippen LogP contribution in [0.15, 0.2) is 53.4 Å². The van der Waals surface area contributed by atoms with Gasteiger partial charge in [-0.3, -0.25) is 4.79 Å². The monoisotopic (exact) mass is 667 g/mol. The molecule has 0 amide bonds. The third-order valence-electron chi connectivity index (χ3n) is 8.21. The molecular formula is C30H33ClF3N5O5S. The van der Waals surface area contributed by atoms with Crippen LogP contribution in [0.5, 0.6) is 5.88 Å². The van der Waals surface area contributed by atoms with Gasteiger partial charge in [0.05, 0.1) is 11.5 Å². The fourth-order valence-corrected chi connectivity index (χ4v) is 6.69.